The molecule has 0 bridgehead atoms. The largest absolute Gasteiger partial charge is 0.463 e. The second-order valence-corrected chi connectivity index (χ2v) is 8.04. The van der Waals surface area contributed by atoms with Crippen molar-refractivity contribution in [2.45, 2.75) is 26.2 Å². The fourth-order valence-corrected chi connectivity index (χ4v) is 4.43. The Balaban J connectivity index is 1.30. The van der Waals surface area contributed by atoms with Crippen LogP contribution in [0.2, 0.25) is 0 Å². The molecule has 0 saturated heterocycles. The Morgan fingerprint density at radius 1 is 0.935 bits per heavy atom. The van der Waals surface area contributed by atoms with Crippen molar-refractivity contribution >= 4 is 17.3 Å². The zero-order valence-electron chi connectivity index (χ0n) is 18.4. The smallest absolute Gasteiger partial charge is 0.334 e. The number of para-hydroxylation sites is 2. The molecule has 2 heterocycles. The molecule has 0 spiro atoms. The second kappa shape index (κ2) is 10.6. The van der Waals surface area contributed by atoms with Crippen molar-refractivity contribution in [2.24, 2.45) is 0 Å². The Morgan fingerprint density at radius 2 is 1.58 bits per heavy atom. The van der Waals surface area contributed by atoms with Gasteiger partial charge in [-0.3, -0.25) is 4.90 Å². The maximum atomic E-state index is 12.0. The topological polar surface area (TPSA) is 42.0 Å². The van der Waals surface area contributed by atoms with Crippen molar-refractivity contribution < 1.29 is 14.3 Å². The van der Waals surface area contributed by atoms with Crippen LogP contribution in [-0.4, -0.2) is 56.9 Å². The van der Waals surface area contributed by atoms with Gasteiger partial charge in [0.1, 0.15) is 0 Å². The number of rotatable bonds is 8. The zero-order valence-corrected chi connectivity index (χ0v) is 18.4. The van der Waals surface area contributed by atoms with Crippen LogP contribution in [0.15, 0.2) is 60.2 Å². The minimum atomic E-state index is -0.188. The van der Waals surface area contributed by atoms with Crippen molar-refractivity contribution in [3.63, 3.8) is 0 Å². The Kier molecular flexibility index (Phi) is 7.39. The van der Waals surface area contributed by atoms with Gasteiger partial charge in [0.2, 0.25) is 0 Å². The second-order valence-electron chi connectivity index (χ2n) is 8.04. The summed E-state index contributed by atoms with van der Waals surface area (Å²) >= 11 is 0. The molecule has 2 aliphatic heterocycles. The van der Waals surface area contributed by atoms with E-state index in [1.54, 1.807) is 0 Å². The van der Waals surface area contributed by atoms with E-state index in [1.807, 2.05) is 13.0 Å². The summed E-state index contributed by atoms with van der Waals surface area (Å²) in [6, 6.07) is 17.4. The molecule has 0 fully saturated rings. The summed E-state index contributed by atoms with van der Waals surface area (Å²) in [5, 5.41) is 0. The minimum Gasteiger partial charge on any atom is -0.463 e. The van der Waals surface area contributed by atoms with Gasteiger partial charge in [0.25, 0.3) is 0 Å². The molecule has 0 N–H and O–H groups in total. The first-order valence-corrected chi connectivity index (χ1v) is 11.4. The average molecular weight is 421 g/mol. The van der Waals surface area contributed by atoms with Crippen molar-refractivity contribution in [3.8, 4) is 0 Å². The summed E-state index contributed by atoms with van der Waals surface area (Å²) in [6.07, 6.45) is 5.02. The van der Waals surface area contributed by atoms with Crippen LogP contribution in [0.4, 0.5) is 11.4 Å². The van der Waals surface area contributed by atoms with Crippen LogP contribution in [0.3, 0.4) is 0 Å². The van der Waals surface area contributed by atoms with Crippen LogP contribution >= 0.6 is 0 Å². The fourth-order valence-electron chi connectivity index (χ4n) is 4.43. The number of esters is 1. The highest BCUT2D eigenvalue weighted by Crippen LogP contribution is 2.35. The van der Waals surface area contributed by atoms with Crippen LogP contribution in [0, 0.1) is 0 Å². The summed E-state index contributed by atoms with van der Waals surface area (Å²) < 4.78 is 11.2. The number of carbonyl (C=O) groups excluding carboxylic acids is 1. The molecule has 0 atom stereocenters. The number of nitrogens with zero attached hydrogens (tertiary/aromatic N) is 2. The first-order chi connectivity index (χ1) is 15.3. The first kappa shape index (κ1) is 21.6. The van der Waals surface area contributed by atoms with Crippen molar-refractivity contribution in [1.29, 1.82) is 0 Å². The summed E-state index contributed by atoms with van der Waals surface area (Å²) in [4.78, 5) is 16.6. The molecule has 31 heavy (non-hydrogen) atoms. The van der Waals surface area contributed by atoms with Gasteiger partial charge in [-0.1, -0.05) is 42.5 Å². The van der Waals surface area contributed by atoms with Gasteiger partial charge in [0.15, 0.2) is 0 Å². The third-order valence-corrected chi connectivity index (χ3v) is 6.01. The molecule has 0 saturated carbocycles. The first-order valence-electron chi connectivity index (χ1n) is 11.4. The monoisotopic (exact) mass is 420 g/mol. The quantitative estimate of drug-likeness (QED) is 0.474. The van der Waals surface area contributed by atoms with Crippen LogP contribution in [0.1, 0.15) is 24.5 Å². The molecule has 0 aliphatic carbocycles. The molecule has 0 radical (unpaired) electrons. The normalized spacial score (nSPS) is 16.2. The van der Waals surface area contributed by atoms with Crippen LogP contribution in [-0.2, 0) is 27.1 Å². The van der Waals surface area contributed by atoms with Crippen molar-refractivity contribution in [3.05, 3.63) is 71.3 Å². The summed E-state index contributed by atoms with van der Waals surface area (Å²) in [5.74, 6) is -0.188. The Labute approximate surface area is 185 Å². The standard InChI is InChI=1S/C26H32N2O3/c1-2-31-26(29)23-10-7-15-27(20-23)16-18-30-19-17-28-24-11-5-3-8-21(24)13-14-22-9-4-6-12-25(22)28/h3-6,8-12H,2,7,13-20H2,1H3. The minimum absolute atomic E-state index is 0.188. The van der Waals surface area contributed by atoms with Gasteiger partial charge in [-0.15, -0.1) is 0 Å². The molecule has 4 rings (SSSR count). The molecule has 164 valence electrons. The third-order valence-electron chi connectivity index (χ3n) is 6.01. The number of anilines is 2. The summed E-state index contributed by atoms with van der Waals surface area (Å²) in [5.41, 5.74) is 6.13. The van der Waals surface area contributed by atoms with E-state index >= 15 is 0 Å². The molecule has 2 aromatic carbocycles. The lowest BCUT2D eigenvalue weighted by Gasteiger charge is -2.28. The molecule has 2 aromatic rings. The molecule has 5 heteroatoms. The van der Waals surface area contributed by atoms with Crippen molar-refractivity contribution in [1.82, 2.24) is 4.90 Å². The Bertz CT molecular complexity index is 877. The lowest BCUT2D eigenvalue weighted by atomic mass is 10.0. The van der Waals surface area contributed by atoms with E-state index < -0.39 is 0 Å². The molecule has 0 unspecified atom stereocenters. The Morgan fingerprint density at radius 3 is 2.26 bits per heavy atom. The number of hydrogen-bond donors (Lipinski definition) is 0. The predicted octanol–water partition coefficient (Wildman–Crippen LogP) is 4.14. The van der Waals surface area contributed by atoms with Crippen LogP contribution in [0.5, 0.6) is 0 Å². The lowest BCUT2D eigenvalue weighted by Crippen LogP contribution is -2.35. The van der Waals surface area contributed by atoms with E-state index in [0.717, 1.165) is 44.5 Å². The van der Waals surface area contributed by atoms with Gasteiger partial charge in [-0.25, -0.2) is 4.79 Å². The number of hydrogen-bond acceptors (Lipinski definition) is 5. The van der Waals surface area contributed by atoms with E-state index in [9.17, 15) is 4.79 Å². The van der Waals surface area contributed by atoms with E-state index in [2.05, 4.69) is 58.3 Å². The van der Waals surface area contributed by atoms with E-state index in [-0.39, 0.29) is 5.97 Å². The number of fused-ring (bicyclic) bond motifs is 2. The average Bonchev–Trinajstić information content (AvgIpc) is 2.96. The predicted molar refractivity (Wildman–Crippen MR) is 124 cm³/mol. The lowest BCUT2D eigenvalue weighted by molar-refractivity contribution is -0.139. The fraction of sp³-hybridized carbons (Fsp3) is 0.423. The van der Waals surface area contributed by atoms with E-state index in [1.165, 1.54) is 22.5 Å². The van der Waals surface area contributed by atoms with Gasteiger partial charge in [-0.2, -0.15) is 0 Å². The highest BCUT2D eigenvalue weighted by molar-refractivity contribution is 5.89. The molecular weight excluding hydrogens is 388 g/mol. The molecule has 2 aliphatic rings. The van der Waals surface area contributed by atoms with Gasteiger partial charge >= 0.3 is 5.97 Å². The van der Waals surface area contributed by atoms with Gasteiger partial charge in [0, 0.05) is 43.1 Å². The van der Waals surface area contributed by atoms with Crippen molar-refractivity contribution in [2.75, 3.05) is 50.9 Å². The number of benzene rings is 2. The zero-order chi connectivity index (χ0) is 21.5. The SMILES string of the molecule is CCOC(=O)C1=CCCN(CCOCCN2c3ccccc3CCc3ccccc32)C1. The summed E-state index contributed by atoms with van der Waals surface area (Å²) in [7, 11) is 0. The molecule has 5 nitrogen and oxygen atoms in total. The number of aryl methyl sites for hydroxylation is 2. The molecule has 0 aromatic heterocycles. The maximum absolute atomic E-state index is 12.0. The number of carbonyl (C=O) groups is 1. The highest BCUT2D eigenvalue weighted by atomic mass is 16.5. The van der Waals surface area contributed by atoms with E-state index in [0.29, 0.717) is 26.4 Å². The molecule has 0 amide bonds. The molecular formula is C26H32N2O3. The van der Waals surface area contributed by atoms with E-state index in [4.69, 9.17) is 9.47 Å². The van der Waals surface area contributed by atoms with Gasteiger partial charge < -0.3 is 14.4 Å². The van der Waals surface area contributed by atoms with Crippen LogP contribution in [0.25, 0.3) is 0 Å². The maximum Gasteiger partial charge on any atom is 0.334 e. The number of ether oxygens (including phenoxy) is 2. The van der Waals surface area contributed by atoms with Crippen LogP contribution < -0.4 is 4.90 Å². The van der Waals surface area contributed by atoms with Gasteiger partial charge in [-0.05, 0) is 49.4 Å². The van der Waals surface area contributed by atoms with Gasteiger partial charge in [0.05, 0.1) is 19.8 Å². The third kappa shape index (κ3) is 5.35. The Hall–Kier alpha value is -2.63. The highest BCUT2D eigenvalue weighted by Gasteiger charge is 2.21. The summed E-state index contributed by atoms with van der Waals surface area (Å²) in [6.45, 7) is 6.83.